The van der Waals surface area contributed by atoms with Crippen molar-refractivity contribution < 1.29 is 0 Å². The van der Waals surface area contributed by atoms with E-state index in [4.69, 9.17) is 5.26 Å². The average molecular weight is 223 g/mol. The van der Waals surface area contributed by atoms with Gasteiger partial charge in [-0.15, -0.1) is 0 Å². The summed E-state index contributed by atoms with van der Waals surface area (Å²) in [6.07, 6.45) is 1.57. The number of nitrogens with zero attached hydrogens (tertiary/aromatic N) is 2. The van der Waals surface area contributed by atoms with Gasteiger partial charge in [-0.1, -0.05) is 30.3 Å². The number of rotatable bonds is 3. The molecular weight excluding hydrogens is 210 g/mol. The molecule has 3 nitrogen and oxygen atoms in total. The van der Waals surface area contributed by atoms with E-state index in [9.17, 15) is 0 Å². The van der Waals surface area contributed by atoms with Gasteiger partial charge in [-0.25, -0.2) is 4.98 Å². The normalized spacial score (nSPS) is 11.5. The van der Waals surface area contributed by atoms with Gasteiger partial charge < -0.3 is 5.32 Å². The molecule has 1 heterocycles. The number of nitrogens with one attached hydrogen (secondary N) is 1. The molecule has 1 aromatic carbocycles. The third kappa shape index (κ3) is 2.82. The van der Waals surface area contributed by atoms with Gasteiger partial charge in [0.05, 0.1) is 5.56 Å². The first-order chi connectivity index (χ1) is 8.29. The molecule has 2 rings (SSSR count). The quantitative estimate of drug-likeness (QED) is 0.869. The van der Waals surface area contributed by atoms with Crippen LogP contribution in [0, 0.1) is 11.3 Å². The van der Waals surface area contributed by atoms with Crippen LogP contribution in [-0.4, -0.2) is 4.98 Å². The summed E-state index contributed by atoms with van der Waals surface area (Å²) in [7, 11) is 0. The average Bonchev–Trinajstić information content (AvgIpc) is 2.40. The minimum absolute atomic E-state index is 0.191. The Morgan fingerprint density at radius 3 is 2.53 bits per heavy atom. The van der Waals surface area contributed by atoms with Gasteiger partial charge in [-0.3, -0.25) is 0 Å². The molecule has 1 atom stereocenters. The molecule has 0 saturated heterocycles. The van der Waals surface area contributed by atoms with E-state index in [1.165, 1.54) is 5.56 Å². The van der Waals surface area contributed by atoms with Gasteiger partial charge in [0.1, 0.15) is 11.9 Å². The van der Waals surface area contributed by atoms with Gasteiger partial charge in [0.2, 0.25) is 0 Å². The Kier molecular flexibility index (Phi) is 3.37. The van der Waals surface area contributed by atoms with Crippen LogP contribution in [0.15, 0.2) is 48.7 Å². The zero-order chi connectivity index (χ0) is 12.1. The Labute approximate surface area is 101 Å². The molecule has 0 bridgehead atoms. The standard InChI is InChI=1S/C14H13N3/c1-11(13-5-3-2-4-6-13)17-14-8-7-12(9-15)10-16-14/h2-8,10-11H,1H3,(H,16,17). The summed E-state index contributed by atoms with van der Waals surface area (Å²) >= 11 is 0. The predicted molar refractivity (Wildman–Crippen MR) is 67.4 cm³/mol. The lowest BCUT2D eigenvalue weighted by Crippen LogP contribution is -2.07. The zero-order valence-corrected chi connectivity index (χ0v) is 9.59. The number of benzene rings is 1. The molecule has 1 aromatic heterocycles. The molecule has 0 aliphatic rings. The Bertz CT molecular complexity index is 511. The third-order valence-corrected chi connectivity index (χ3v) is 2.56. The first kappa shape index (κ1) is 11.2. The first-order valence-corrected chi connectivity index (χ1v) is 5.47. The molecular formula is C14H13N3. The second kappa shape index (κ2) is 5.13. The smallest absolute Gasteiger partial charge is 0.126 e. The van der Waals surface area contributed by atoms with Crippen LogP contribution in [0.25, 0.3) is 0 Å². The molecule has 0 fully saturated rings. The number of pyridine rings is 1. The molecule has 0 spiro atoms. The maximum Gasteiger partial charge on any atom is 0.126 e. The van der Waals surface area contributed by atoms with Crippen molar-refractivity contribution in [3.05, 3.63) is 59.8 Å². The molecule has 0 aliphatic heterocycles. The molecule has 1 N–H and O–H groups in total. The van der Waals surface area contributed by atoms with Crippen molar-refractivity contribution in [2.45, 2.75) is 13.0 Å². The molecule has 17 heavy (non-hydrogen) atoms. The van der Waals surface area contributed by atoms with Crippen molar-refractivity contribution in [3.8, 4) is 6.07 Å². The molecule has 0 radical (unpaired) electrons. The fourth-order valence-corrected chi connectivity index (χ4v) is 1.59. The molecule has 3 heteroatoms. The number of hydrogen-bond acceptors (Lipinski definition) is 3. The van der Waals surface area contributed by atoms with Gasteiger partial charge in [0.25, 0.3) is 0 Å². The van der Waals surface area contributed by atoms with E-state index >= 15 is 0 Å². The van der Waals surface area contributed by atoms with E-state index in [0.717, 1.165) is 5.82 Å². The van der Waals surface area contributed by atoms with E-state index in [2.05, 4.69) is 29.4 Å². The number of anilines is 1. The van der Waals surface area contributed by atoms with E-state index in [1.54, 1.807) is 12.3 Å². The highest BCUT2D eigenvalue weighted by atomic mass is 15.0. The van der Waals surface area contributed by atoms with Crippen molar-refractivity contribution >= 4 is 5.82 Å². The Morgan fingerprint density at radius 2 is 1.94 bits per heavy atom. The summed E-state index contributed by atoms with van der Waals surface area (Å²) in [6, 6.07) is 16.0. The van der Waals surface area contributed by atoms with Gasteiger partial charge >= 0.3 is 0 Å². The fourth-order valence-electron chi connectivity index (χ4n) is 1.59. The van der Waals surface area contributed by atoms with Crippen LogP contribution in [0.5, 0.6) is 0 Å². The topological polar surface area (TPSA) is 48.7 Å². The van der Waals surface area contributed by atoms with Crippen LogP contribution in [0.2, 0.25) is 0 Å². The minimum Gasteiger partial charge on any atom is -0.364 e. The van der Waals surface area contributed by atoms with E-state index < -0.39 is 0 Å². The zero-order valence-electron chi connectivity index (χ0n) is 9.59. The summed E-state index contributed by atoms with van der Waals surface area (Å²) in [5.41, 5.74) is 1.78. The molecule has 2 aromatic rings. The molecule has 0 saturated carbocycles. The van der Waals surface area contributed by atoms with Crippen LogP contribution in [0.1, 0.15) is 24.1 Å². The highest BCUT2D eigenvalue weighted by Gasteiger charge is 2.04. The van der Waals surface area contributed by atoms with Crippen LogP contribution in [0.4, 0.5) is 5.82 Å². The summed E-state index contributed by atoms with van der Waals surface area (Å²) in [5, 5.41) is 12.0. The second-order valence-corrected chi connectivity index (χ2v) is 3.82. The summed E-state index contributed by atoms with van der Waals surface area (Å²) in [6.45, 7) is 2.08. The Hall–Kier alpha value is -2.34. The van der Waals surface area contributed by atoms with Crippen molar-refractivity contribution in [1.82, 2.24) is 4.98 Å². The monoisotopic (exact) mass is 223 g/mol. The van der Waals surface area contributed by atoms with Gasteiger partial charge in [-0.05, 0) is 24.6 Å². The lowest BCUT2D eigenvalue weighted by atomic mass is 10.1. The Balaban J connectivity index is 2.08. The van der Waals surface area contributed by atoms with Crippen LogP contribution >= 0.6 is 0 Å². The summed E-state index contributed by atoms with van der Waals surface area (Å²) < 4.78 is 0. The highest BCUT2D eigenvalue weighted by Crippen LogP contribution is 2.17. The maximum absolute atomic E-state index is 8.68. The maximum atomic E-state index is 8.68. The van der Waals surface area contributed by atoms with Crippen molar-refractivity contribution in [2.24, 2.45) is 0 Å². The van der Waals surface area contributed by atoms with Gasteiger partial charge in [0, 0.05) is 12.2 Å². The van der Waals surface area contributed by atoms with Crippen LogP contribution in [0.3, 0.4) is 0 Å². The summed E-state index contributed by atoms with van der Waals surface area (Å²) in [5.74, 6) is 0.778. The predicted octanol–water partition coefficient (Wildman–Crippen LogP) is 3.13. The molecule has 1 unspecified atom stereocenters. The lowest BCUT2D eigenvalue weighted by molar-refractivity contribution is 0.874. The SMILES string of the molecule is CC(Nc1ccc(C#N)cn1)c1ccccc1. The Morgan fingerprint density at radius 1 is 1.18 bits per heavy atom. The van der Waals surface area contributed by atoms with Crippen molar-refractivity contribution in [2.75, 3.05) is 5.32 Å². The lowest BCUT2D eigenvalue weighted by Gasteiger charge is -2.14. The van der Waals surface area contributed by atoms with E-state index in [-0.39, 0.29) is 6.04 Å². The van der Waals surface area contributed by atoms with Gasteiger partial charge in [0.15, 0.2) is 0 Å². The van der Waals surface area contributed by atoms with E-state index in [1.807, 2.05) is 30.3 Å². The largest absolute Gasteiger partial charge is 0.364 e. The first-order valence-electron chi connectivity index (χ1n) is 5.47. The highest BCUT2D eigenvalue weighted by molar-refractivity contribution is 5.41. The second-order valence-electron chi connectivity index (χ2n) is 3.82. The van der Waals surface area contributed by atoms with Crippen molar-refractivity contribution in [3.63, 3.8) is 0 Å². The fraction of sp³-hybridized carbons (Fsp3) is 0.143. The van der Waals surface area contributed by atoms with E-state index in [0.29, 0.717) is 5.56 Å². The number of hydrogen-bond donors (Lipinski definition) is 1. The third-order valence-electron chi connectivity index (χ3n) is 2.56. The van der Waals surface area contributed by atoms with Gasteiger partial charge in [-0.2, -0.15) is 5.26 Å². The molecule has 0 aliphatic carbocycles. The minimum atomic E-state index is 0.191. The molecule has 84 valence electrons. The molecule has 0 amide bonds. The summed E-state index contributed by atoms with van der Waals surface area (Å²) in [4.78, 5) is 4.18. The van der Waals surface area contributed by atoms with Crippen LogP contribution in [-0.2, 0) is 0 Å². The van der Waals surface area contributed by atoms with Crippen LogP contribution < -0.4 is 5.32 Å². The number of aromatic nitrogens is 1. The number of nitriles is 1. The van der Waals surface area contributed by atoms with Crippen molar-refractivity contribution in [1.29, 1.82) is 5.26 Å².